The summed E-state index contributed by atoms with van der Waals surface area (Å²) in [4.78, 5) is 0. The van der Waals surface area contributed by atoms with Gasteiger partial charge < -0.3 is 19.9 Å². The molecule has 1 fully saturated rings. The van der Waals surface area contributed by atoms with Gasteiger partial charge in [-0.3, -0.25) is 0 Å². The Labute approximate surface area is 111 Å². The molecule has 0 bridgehead atoms. The first kappa shape index (κ1) is 15.9. The molecule has 0 spiro atoms. The molecule has 18 heavy (non-hydrogen) atoms. The van der Waals surface area contributed by atoms with Gasteiger partial charge in [0.1, 0.15) is 0 Å². The average Bonchev–Trinajstić information content (AvgIpc) is 2.43. The van der Waals surface area contributed by atoms with Crippen LogP contribution in [0.1, 0.15) is 46.0 Å². The lowest BCUT2D eigenvalue weighted by atomic mass is 9.97. The largest absolute Gasteiger partial charge is 0.394 e. The predicted molar refractivity (Wildman–Crippen MR) is 72.8 cm³/mol. The van der Waals surface area contributed by atoms with Gasteiger partial charge in [0.2, 0.25) is 0 Å². The SMILES string of the molecule is CCCNC(C)(CO)CCCOC1CCOCC1. The molecule has 1 atom stereocenters. The summed E-state index contributed by atoms with van der Waals surface area (Å²) in [6.07, 6.45) is 5.45. The molecule has 1 unspecified atom stereocenters. The van der Waals surface area contributed by atoms with Gasteiger partial charge in [0.25, 0.3) is 0 Å². The minimum atomic E-state index is -0.158. The molecule has 1 saturated heterocycles. The Morgan fingerprint density at radius 3 is 2.72 bits per heavy atom. The van der Waals surface area contributed by atoms with E-state index in [-0.39, 0.29) is 12.1 Å². The first-order chi connectivity index (χ1) is 8.70. The van der Waals surface area contributed by atoms with Crippen LogP contribution in [-0.4, -0.2) is 49.7 Å². The van der Waals surface area contributed by atoms with Crippen molar-refractivity contribution in [2.24, 2.45) is 0 Å². The van der Waals surface area contributed by atoms with Gasteiger partial charge in [0.05, 0.1) is 12.7 Å². The Morgan fingerprint density at radius 2 is 2.11 bits per heavy atom. The van der Waals surface area contributed by atoms with Crippen LogP contribution in [0.25, 0.3) is 0 Å². The van der Waals surface area contributed by atoms with Gasteiger partial charge >= 0.3 is 0 Å². The van der Waals surface area contributed by atoms with Crippen LogP contribution in [0.15, 0.2) is 0 Å². The first-order valence-electron chi connectivity index (χ1n) is 7.25. The van der Waals surface area contributed by atoms with Crippen LogP contribution in [0.4, 0.5) is 0 Å². The molecular formula is C14H29NO3. The summed E-state index contributed by atoms with van der Waals surface area (Å²) in [5.74, 6) is 0. The maximum atomic E-state index is 9.44. The smallest absolute Gasteiger partial charge is 0.0619 e. The van der Waals surface area contributed by atoms with E-state index >= 15 is 0 Å². The van der Waals surface area contributed by atoms with Gasteiger partial charge in [0, 0.05) is 25.4 Å². The second-order valence-corrected chi connectivity index (χ2v) is 5.43. The lowest BCUT2D eigenvalue weighted by molar-refractivity contribution is -0.0342. The molecule has 1 heterocycles. The van der Waals surface area contributed by atoms with E-state index in [1.54, 1.807) is 0 Å². The molecule has 4 nitrogen and oxygen atoms in total. The third-order valence-electron chi connectivity index (χ3n) is 3.55. The number of aliphatic hydroxyl groups excluding tert-OH is 1. The van der Waals surface area contributed by atoms with E-state index < -0.39 is 0 Å². The topological polar surface area (TPSA) is 50.7 Å². The average molecular weight is 259 g/mol. The molecular weight excluding hydrogens is 230 g/mol. The second-order valence-electron chi connectivity index (χ2n) is 5.43. The van der Waals surface area contributed by atoms with Gasteiger partial charge in [0.15, 0.2) is 0 Å². The molecule has 1 aliphatic rings. The van der Waals surface area contributed by atoms with Gasteiger partial charge in [-0.15, -0.1) is 0 Å². The van der Waals surface area contributed by atoms with Crippen LogP contribution in [0, 0.1) is 0 Å². The molecule has 0 saturated carbocycles. The highest BCUT2D eigenvalue weighted by Gasteiger charge is 2.22. The van der Waals surface area contributed by atoms with Crippen molar-refractivity contribution in [3.8, 4) is 0 Å². The fraction of sp³-hybridized carbons (Fsp3) is 1.00. The van der Waals surface area contributed by atoms with E-state index in [1.807, 2.05) is 0 Å². The zero-order valence-electron chi connectivity index (χ0n) is 11.9. The lowest BCUT2D eigenvalue weighted by Gasteiger charge is -2.29. The summed E-state index contributed by atoms with van der Waals surface area (Å²) in [6.45, 7) is 7.81. The van der Waals surface area contributed by atoms with Gasteiger partial charge in [-0.25, -0.2) is 0 Å². The zero-order chi connectivity index (χ0) is 13.3. The van der Waals surface area contributed by atoms with Crippen molar-refractivity contribution < 1.29 is 14.6 Å². The molecule has 0 aromatic rings. The Hall–Kier alpha value is -0.160. The summed E-state index contributed by atoms with van der Waals surface area (Å²) in [6, 6.07) is 0. The van der Waals surface area contributed by atoms with E-state index in [0.29, 0.717) is 6.10 Å². The molecule has 2 N–H and O–H groups in total. The van der Waals surface area contributed by atoms with E-state index in [4.69, 9.17) is 9.47 Å². The zero-order valence-corrected chi connectivity index (χ0v) is 11.9. The van der Waals surface area contributed by atoms with E-state index in [2.05, 4.69) is 19.2 Å². The van der Waals surface area contributed by atoms with Crippen molar-refractivity contribution in [1.29, 1.82) is 0 Å². The van der Waals surface area contributed by atoms with Crippen molar-refractivity contribution in [3.05, 3.63) is 0 Å². The first-order valence-corrected chi connectivity index (χ1v) is 7.25. The van der Waals surface area contributed by atoms with Crippen molar-refractivity contribution >= 4 is 0 Å². The molecule has 0 radical (unpaired) electrons. The minimum Gasteiger partial charge on any atom is -0.394 e. The number of aliphatic hydroxyl groups is 1. The Bertz CT molecular complexity index is 207. The Balaban J connectivity index is 2.10. The fourth-order valence-corrected chi connectivity index (χ4v) is 2.21. The summed E-state index contributed by atoms with van der Waals surface area (Å²) in [5, 5.41) is 12.8. The lowest BCUT2D eigenvalue weighted by Crippen LogP contribution is -2.46. The normalized spacial score (nSPS) is 20.8. The van der Waals surface area contributed by atoms with Gasteiger partial charge in [-0.05, 0) is 45.6 Å². The number of nitrogens with one attached hydrogen (secondary N) is 1. The minimum absolute atomic E-state index is 0.158. The maximum absolute atomic E-state index is 9.44. The van der Waals surface area contributed by atoms with Crippen LogP contribution in [0.5, 0.6) is 0 Å². The molecule has 0 amide bonds. The van der Waals surface area contributed by atoms with E-state index in [0.717, 1.165) is 58.5 Å². The maximum Gasteiger partial charge on any atom is 0.0619 e. The monoisotopic (exact) mass is 259 g/mol. The quantitative estimate of drug-likeness (QED) is 0.619. The standard InChI is InChI=1S/C14H29NO3/c1-3-8-15-14(2,12-16)7-4-9-18-13-5-10-17-11-6-13/h13,15-16H,3-12H2,1-2H3. The molecule has 1 aliphatic heterocycles. The molecule has 1 rings (SSSR count). The third kappa shape index (κ3) is 6.14. The molecule has 4 heteroatoms. The predicted octanol–water partition coefficient (Wildman–Crippen LogP) is 1.71. The van der Waals surface area contributed by atoms with Crippen molar-refractivity contribution in [2.45, 2.75) is 57.6 Å². The highest BCUT2D eigenvalue weighted by molar-refractivity contribution is 4.81. The van der Waals surface area contributed by atoms with Crippen LogP contribution < -0.4 is 5.32 Å². The van der Waals surface area contributed by atoms with Crippen molar-refractivity contribution in [2.75, 3.05) is 33.0 Å². The van der Waals surface area contributed by atoms with Crippen molar-refractivity contribution in [1.82, 2.24) is 5.32 Å². The summed E-state index contributed by atoms with van der Waals surface area (Å²) < 4.78 is 11.1. The van der Waals surface area contributed by atoms with E-state index in [9.17, 15) is 5.11 Å². The number of ether oxygens (including phenoxy) is 2. The Kier molecular flexibility index (Phi) is 7.82. The summed E-state index contributed by atoms with van der Waals surface area (Å²) in [5.41, 5.74) is -0.158. The highest BCUT2D eigenvalue weighted by atomic mass is 16.5. The van der Waals surface area contributed by atoms with Gasteiger partial charge in [-0.1, -0.05) is 6.92 Å². The summed E-state index contributed by atoms with van der Waals surface area (Å²) >= 11 is 0. The van der Waals surface area contributed by atoms with Crippen LogP contribution in [-0.2, 0) is 9.47 Å². The van der Waals surface area contributed by atoms with Crippen LogP contribution >= 0.6 is 0 Å². The molecule has 0 aliphatic carbocycles. The number of hydrogen-bond acceptors (Lipinski definition) is 4. The second kappa shape index (κ2) is 8.86. The van der Waals surface area contributed by atoms with Crippen LogP contribution in [0.3, 0.4) is 0 Å². The Morgan fingerprint density at radius 1 is 1.39 bits per heavy atom. The summed E-state index contributed by atoms with van der Waals surface area (Å²) in [7, 11) is 0. The number of hydrogen-bond donors (Lipinski definition) is 2. The van der Waals surface area contributed by atoms with Gasteiger partial charge in [-0.2, -0.15) is 0 Å². The molecule has 0 aromatic carbocycles. The molecule has 0 aromatic heterocycles. The van der Waals surface area contributed by atoms with Crippen molar-refractivity contribution in [3.63, 3.8) is 0 Å². The highest BCUT2D eigenvalue weighted by Crippen LogP contribution is 2.14. The number of rotatable bonds is 9. The molecule has 108 valence electrons. The fourth-order valence-electron chi connectivity index (χ4n) is 2.21. The third-order valence-corrected chi connectivity index (χ3v) is 3.55. The van der Waals surface area contributed by atoms with Crippen LogP contribution in [0.2, 0.25) is 0 Å². The van der Waals surface area contributed by atoms with E-state index in [1.165, 1.54) is 0 Å².